The Morgan fingerprint density at radius 1 is 0.386 bits per heavy atom. The van der Waals surface area contributed by atoms with Gasteiger partial charge in [-0.3, -0.25) is 0 Å². The summed E-state index contributed by atoms with van der Waals surface area (Å²) < 4.78 is 0. The van der Waals surface area contributed by atoms with Crippen LogP contribution in [-0.4, -0.2) is 47.1 Å². The summed E-state index contributed by atoms with van der Waals surface area (Å²) in [4.78, 5) is 22.4. The minimum Gasteiger partial charge on any atom is -0.423 e. The summed E-state index contributed by atoms with van der Waals surface area (Å²) in [7, 11) is -1.43. The van der Waals surface area contributed by atoms with E-state index in [1.807, 2.05) is 97.1 Å². The summed E-state index contributed by atoms with van der Waals surface area (Å²) in [6.07, 6.45) is 0. The lowest BCUT2D eigenvalue weighted by Crippen LogP contribution is -2.31. The molecule has 0 bridgehead atoms. The fraction of sp³-hybridized carbons (Fsp3) is 0. The second kappa shape index (κ2) is 16.4. The smallest absolute Gasteiger partial charge is 0.423 e. The molecule has 220 valence electrons. The standard InChI is InChI=1S/C15H9Cl2N3.C12H11BO2.C3Cl3N3/c16-14-18-13(19-15(17)20-14)12-9-5-4-8-11(12)10-6-2-1-3-7-10;14-13(15)12-9-5-4-8-11(12)10-6-2-1-3-7-10;4-1-7-2(5)9-3(6)8-1/h1-9H;1-9,14-15H;. The highest BCUT2D eigenvalue weighted by molar-refractivity contribution is 6.60. The Morgan fingerprint density at radius 3 is 1.18 bits per heavy atom. The third-order valence-corrected chi connectivity index (χ3v) is 6.56. The first-order chi connectivity index (χ1) is 21.2. The van der Waals surface area contributed by atoms with Crippen LogP contribution in [0.2, 0.25) is 26.4 Å². The average molecular weight is 685 g/mol. The van der Waals surface area contributed by atoms with Gasteiger partial charge in [0.25, 0.3) is 0 Å². The van der Waals surface area contributed by atoms with Gasteiger partial charge in [0.05, 0.1) is 0 Å². The van der Waals surface area contributed by atoms with Crippen LogP contribution < -0.4 is 5.46 Å². The summed E-state index contributed by atoms with van der Waals surface area (Å²) in [5.41, 5.74) is 5.34. The molecule has 0 aliphatic carbocycles. The van der Waals surface area contributed by atoms with Crippen LogP contribution in [0.5, 0.6) is 0 Å². The van der Waals surface area contributed by atoms with Gasteiger partial charge in [-0.1, -0.05) is 109 Å². The molecule has 2 heterocycles. The number of nitrogens with zero attached hydrogens (tertiary/aromatic N) is 6. The molecule has 0 fully saturated rings. The number of aromatic nitrogens is 6. The molecule has 44 heavy (non-hydrogen) atoms. The van der Waals surface area contributed by atoms with E-state index in [1.54, 1.807) is 12.1 Å². The molecular weight excluding hydrogens is 664 g/mol. The highest BCUT2D eigenvalue weighted by Crippen LogP contribution is 2.30. The zero-order chi connectivity index (χ0) is 31.5. The molecule has 2 aromatic heterocycles. The van der Waals surface area contributed by atoms with E-state index in [-0.39, 0.29) is 26.4 Å². The molecule has 0 aliphatic heterocycles. The molecule has 0 amide bonds. The van der Waals surface area contributed by atoms with E-state index in [0.717, 1.165) is 27.8 Å². The highest BCUT2D eigenvalue weighted by atomic mass is 35.5. The molecule has 0 unspecified atom stereocenters. The van der Waals surface area contributed by atoms with E-state index in [4.69, 9.17) is 58.0 Å². The molecule has 0 atom stereocenters. The van der Waals surface area contributed by atoms with Gasteiger partial charge in [0.2, 0.25) is 26.4 Å². The summed E-state index contributed by atoms with van der Waals surface area (Å²) in [6, 6.07) is 34.8. The number of rotatable bonds is 4. The Hall–Kier alpha value is -3.67. The van der Waals surface area contributed by atoms with Gasteiger partial charge in [0, 0.05) is 5.56 Å². The van der Waals surface area contributed by atoms with Crippen LogP contribution in [0.25, 0.3) is 33.6 Å². The van der Waals surface area contributed by atoms with E-state index in [2.05, 4.69) is 29.9 Å². The predicted octanol–water partition coefficient (Wildman–Crippen LogP) is 7.38. The number of hydrogen-bond acceptors (Lipinski definition) is 8. The SMILES string of the molecule is Clc1nc(Cl)nc(-c2ccccc2-c2ccccc2)n1.Clc1nc(Cl)nc(Cl)n1.OB(O)c1ccccc1-c1ccccc1. The number of hydrogen-bond donors (Lipinski definition) is 2. The van der Waals surface area contributed by atoms with Gasteiger partial charge in [-0.15, -0.1) is 0 Å². The maximum atomic E-state index is 9.22. The Labute approximate surface area is 278 Å². The van der Waals surface area contributed by atoms with Crippen molar-refractivity contribution in [3.05, 3.63) is 136 Å². The molecule has 6 aromatic rings. The molecule has 4 aromatic carbocycles. The van der Waals surface area contributed by atoms with Gasteiger partial charge in [0.15, 0.2) is 5.82 Å². The molecule has 0 spiro atoms. The lowest BCUT2D eigenvalue weighted by molar-refractivity contribution is 0.426. The van der Waals surface area contributed by atoms with Crippen molar-refractivity contribution in [1.29, 1.82) is 0 Å². The highest BCUT2D eigenvalue weighted by Gasteiger charge is 2.15. The molecule has 6 rings (SSSR count). The molecular formula is C30H20BCl5N6O2. The maximum absolute atomic E-state index is 9.22. The van der Waals surface area contributed by atoms with Crippen molar-refractivity contribution in [1.82, 2.24) is 29.9 Å². The lowest BCUT2D eigenvalue weighted by atomic mass is 9.75. The summed E-state index contributed by atoms with van der Waals surface area (Å²) in [6.45, 7) is 0. The summed E-state index contributed by atoms with van der Waals surface area (Å²) >= 11 is 27.7. The van der Waals surface area contributed by atoms with Crippen molar-refractivity contribution >= 4 is 70.6 Å². The van der Waals surface area contributed by atoms with Crippen molar-refractivity contribution in [3.63, 3.8) is 0 Å². The van der Waals surface area contributed by atoms with Gasteiger partial charge in [-0.2, -0.15) is 29.9 Å². The molecule has 8 nitrogen and oxygen atoms in total. The van der Waals surface area contributed by atoms with Crippen LogP contribution in [0.15, 0.2) is 109 Å². The second-order valence-corrected chi connectivity index (χ2v) is 10.3. The Morgan fingerprint density at radius 2 is 0.727 bits per heavy atom. The number of halogens is 5. The second-order valence-electron chi connectivity index (χ2n) is 8.58. The molecule has 0 radical (unpaired) electrons. The third-order valence-electron chi connectivity index (χ3n) is 5.71. The third kappa shape index (κ3) is 9.67. The maximum Gasteiger partial charge on any atom is 0.489 e. The quantitative estimate of drug-likeness (QED) is 0.185. The van der Waals surface area contributed by atoms with Crippen LogP contribution in [0.4, 0.5) is 0 Å². The Bertz CT molecular complexity index is 1750. The predicted molar refractivity (Wildman–Crippen MR) is 177 cm³/mol. The minimum absolute atomic E-state index is 0.000000000000000444. The van der Waals surface area contributed by atoms with Gasteiger partial charge < -0.3 is 10.0 Å². The monoisotopic (exact) mass is 682 g/mol. The molecule has 2 N–H and O–H groups in total. The van der Waals surface area contributed by atoms with Crippen LogP contribution in [0.3, 0.4) is 0 Å². The van der Waals surface area contributed by atoms with Crippen LogP contribution in [0.1, 0.15) is 0 Å². The first kappa shape index (κ1) is 33.2. The van der Waals surface area contributed by atoms with E-state index >= 15 is 0 Å². The fourth-order valence-electron chi connectivity index (χ4n) is 3.90. The van der Waals surface area contributed by atoms with Crippen molar-refractivity contribution in [2.75, 3.05) is 0 Å². The molecule has 0 aliphatic rings. The van der Waals surface area contributed by atoms with Crippen molar-refractivity contribution in [2.24, 2.45) is 0 Å². The van der Waals surface area contributed by atoms with Crippen molar-refractivity contribution in [3.8, 4) is 33.6 Å². The fourth-order valence-corrected chi connectivity index (χ4v) is 4.87. The lowest BCUT2D eigenvalue weighted by Gasteiger charge is -2.08. The Kier molecular flexibility index (Phi) is 12.4. The van der Waals surface area contributed by atoms with E-state index in [9.17, 15) is 10.0 Å². The van der Waals surface area contributed by atoms with E-state index in [0.29, 0.717) is 11.3 Å². The van der Waals surface area contributed by atoms with Gasteiger partial charge in [0.1, 0.15) is 0 Å². The summed E-state index contributed by atoms with van der Waals surface area (Å²) in [5.74, 6) is 0.467. The van der Waals surface area contributed by atoms with Gasteiger partial charge in [-0.05, 0) is 85.7 Å². The van der Waals surface area contributed by atoms with Gasteiger partial charge in [-0.25, -0.2) is 0 Å². The first-order valence-corrected chi connectivity index (χ1v) is 14.5. The molecule has 14 heteroatoms. The summed E-state index contributed by atoms with van der Waals surface area (Å²) in [5, 5.41) is 18.6. The molecule has 0 saturated carbocycles. The Balaban J connectivity index is 0.000000162. The van der Waals surface area contributed by atoms with Crippen LogP contribution in [-0.2, 0) is 0 Å². The zero-order valence-corrected chi connectivity index (χ0v) is 26.2. The topological polar surface area (TPSA) is 118 Å². The number of benzene rings is 4. The van der Waals surface area contributed by atoms with E-state index < -0.39 is 7.12 Å². The van der Waals surface area contributed by atoms with Crippen molar-refractivity contribution in [2.45, 2.75) is 0 Å². The van der Waals surface area contributed by atoms with Crippen LogP contribution >= 0.6 is 58.0 Å². The van der Waals surface area contributed by atoms with Crippen LogP contribution in [0, 0.1) is 0 Å². The van der Waals surface area contributed by atoms with Crippen molar-refractivity contribution < 1.29 is 10.0 Å². The molecule has 0 saturated heterocycles. The average Bonchev–Trinajstić information content (AvgIpc) is 3.01. The minimum atomic E-state index is -1.43. The largest absolute Gasteiger partial charge is 0.489 e. The first-order valence-electron chi connectivity index (χ1n) is 12.7. The normalized spacial score (nSPS) is 10.2. The zero-order valence-electron chi connectivity index (χ0n) is 22.4. The van der Waals surface area contributed by atoms with Gasteiger partial charge >= 0.3 is 7.12 Å². The van der Waals surface area contributed by atoms with E-state index in [1.165, 1.54) is 0 Å².